The van der Waals surface area contributed by atoms with Gasteiger partial charge >= 0.3 is 6.09 Å². The third kappa shape index (κ3) is 4.69. The molecule has 0 radical (unpaired) electrons. The summed E-state index contributed by atoms with van der Waals surface area (Å²) in [5, 5.41) is 10.7. The van der Waals surface area contributed by atoms with E-state index in [-0.39, 0.29) is 17.5 Å². The van der Waals surface area contributed by atoms with E-state index < -0.39 is 11.7 Å². The molecule has 0 spiro atoms. The van der Waals surface area contributed by atoms with Gasteiger partial charge in [0.2, 0.25) is 0 Å². The van der Waals surface area contributed by atoms with Crippen LogP contribution >= 0.6 is 0 Å². The molecule has 3 rings (SSSR count). The summed E-state index contributed by atoms with van der Waals surface area (Å²) in [7, 11) is 0. The number of halogens is 1. The SMILES string of the molecule is CCOC(=O)N1CCN(c2ccc(NC(=O)c3cccc(F)c3)nn2)CC1. The van der Waals surface area contributed by atoms with Crippen LogP contribution in [0.1, 0.15) is 17.3 Å². The second-order valence-corrected chi connectivity index (χ2v) is 5.91. The van der Waals surface area contributed by atoms with Gasteiger partial charge in [0, 0.05) is 31.7 Å². The zero-order valence-electron chi connectivity index (χ0n) is 14.9. The van der Waals surface area contributed by atoms with Crippen molar-refractivity contribution in [2.24, 2.45) is 0 Å². The molecule has 1 N–H and O–H groups in total. The molecule has 1 saturated heterocycles. The third-order valence-corrected chi connectivity index (χ3v) is 4.11. The Morgan fingerprint density at radius 1 is 1.15 bits per heavy atom. The van der Waals surface area contributed by atoms with Crippen LogP contribution in [0.3, 0.4) is 0 Å². The molecule has 0 aliphatic carbocycles. The molecule has 1 aromatic carbocycles. The number of carbonyl (C=O) groups excluding carboxylic acids is 2. The molecule has 2 amide bonds. The third-order valence-electron chi connectivity index (χ3n) is 4.11. The fourth-order valence-electron chi connectivity index (χ4n) is 2.71. The van der Waals surface area contributed by atoms with E-state index in [2.05, 4.69) is 15.5 Å². The van der Waals surface area contributed by atoms with Gasteiger partial charge in [-0.2, -0.15) is 0 Å². The molecule has 142 valence electrons. The molecule has 1 fully saturated rings. The number of carbonyl (C=O) groups is 2. The van der Waals surface area contributed by atoms with Gasteiger partial charge < -0.3 is 19.9 Å². The first-order chi connectivity index (χ1) is 13.1. The molecule has 0 bridgehead atoms. The predicted molar refractivity (Wildman–Crippen MR) is 97.2 cm³/mol. The Morgan fingerprint density at radius 3 is 2.56 bits per heavy atom. The van der Waals surface area contributed by atoms with Crippen LogP contribution in [-0.2, 0) is 4.74 Å². The summed E-state index contributed by atoms with van der Waals surface area (Å²) in [4.78, 5) is 27.5. The number of rotatable bonds is 4. The van der Waals surface area contributed by atoms with Crippen LogP contribution in [0.5, 0.6) is 0 Å². The minimum Gasteiger partial charge on any atom is -0.450 e. The zero-order valence-corrected chi connectivity index (χ0v) is 14.9. The monoisotopic (exact) mass is 373 g/mol. The van der Waals surface area contributed by atoms with Crippen molar-refractivity contribution in [2.75, 3.05) is 43.0 Å². The molecule has 2 heterocycles. The fraction of sp³-hybridized carbons (Fsp3) is 0.333. The van der Waals surface area contributed by atoms with Crippen LogP contribution in [-0.4, -0.2) is 59.9 Å². The second kappa shape index (κ2) is 8.43. The maximum Gasteiger partial charge on any atom is 0.409 e. The number of hydrogen-bond acceptors (Lipinski definition) is 6. The van der Waals surface area contributed by atoms with E-state index in [4.69, 9.17) is 4.74 Å². The van der Waals surface area contributed by atoms with Gasteiger partial charge in [0.1, 0.15) is 5.82 Å². The number of piperazine rings is 1. The summed E-state index contributed by atoms with van der Waals surface area (Å²) in [5.74, 6) is -0.00826. The number of nitrogens with zero attached hydrogens (tertiary/aromatic N) is 4. The summed E-state index contributed by atoms with van der Waals surface area (Å²) in [5.41, 5.74) is 0.205. The highest BCUT2D eigenvalue weighted by Crippen LogP contribution is 2.15. The molecular weight excluding hydrogens is 353 g/mol. The van der Waals surface area contributed by atoms with Gasteiger partial charge in [-0.3, -0.25) is 4.79 Å². The fourth-order valence-corrected chi connectivity index (χ4v) is 2.71. The molecule has 1 aliphatic rings. The van der Waals surface area contributed by atoms with Gasteiger partial charge in [-0.25, -0.2) is 9.18 Å². The molecule has 1 aromatic heterocycles. The van der Waals surface area contributed by atoms with Gasteiger partial charge in [0.15, 0.2) is 11.6 Å². The summed E-state index contributed by atoms with van der Waals surface area (Å²) in [6, 6.07) is 8.79. The number of ether oxygens (including phenoxy) is 1. The average molecular weight is 373 g/mol. The number of nitrogens with one attached hydrogen (secondary N) is 1. The Hall–Kier alpha value is -3.23. The van der Waals surface area contributed by atoms with Gasteiger partial charge in [-0.1, -0.05) is 6.07 Å². The summed E-state index contributed by atoms with van der Waals surface area (Å²) < 4.78 is 18.2. The number of hydrogen-bond donors (Lipinski definition) is 1. The molecular formula is C18H20FN5O3. The van der Waals surface area contributed by atoms with Gasteiger partial charge in [-0.15, -0.1) is 10.2 Å². The number of amides is 2. The topological polar surface area (TPSA) is 87.7 Å². The Kier molecular flexibility index (Phi) is 5.80. The van der Waals surface area contributed by atoms with Crippen LogP contribution in [0.2, 0.25) is 0 Å². The van der Waals surface area contributed by atoms with E-state index in [1.807, 2.05) is 4.90 Å². The highest BCUT2D eigenvalue weighted by Gasteiger charge is 2.22. The van der Waals surface area contributed by atoms with Crippen molar-refractivity contribution >= 4 is 23.6 Å². The van der Waals surface area contributed by atoms with E-state index in [0.717, 1.165) is 6.07 Å². The maximum atomic E-state index is 13.2. The minimum atomic E-state index is -0.481. The lowest BCUT2D eigenvalue weighted by Gasteiger charge is -2.34. The molecule has 8 nitrogen and oxygen atoms in total. The van der Waals surface area contributed by atoms with Crippen LogP contribution in [0.25, 0.3) is 0 Å². The van der Waals surface area contributed by atoms with Crippen molar-refractivity contribution in [1.82, 2.24) is 15.1 Å². The lowest BCUT2D eigenvalue weighted by molar-refractivity contribution is 0.102. The quantitative estimate of drug-likeness (QED) is 0.884. The Morgan fingerprint density at radius 2 is 1.93 bits per heavy atom. The first-order valence-corrected chi connectivity index (χ1v) is 8.64. The summed E-state index contributed by atoms with van der Waals surface area (Å²) in [6.45, 7) is 4.44. The van der Waals surface area contributed by atoms with Crippen molar-refractivity contribution in [1.29, 1.82) is 0 Å². The number of anilines is 2. The minimum absolute atomic E-state index is 0.205. The van der Waals surface area contributed by atoms with E-state index in [1.54, 1.807) is 24.0 Å². The Labute approximate surface area is 155 Å². The van der Waals surface area contributed by atoms with Gasteiger partial charge in [-0.05, 0) is 37.3 Å². The second-order valence-electron chi connectivity index (χ2n) is 5.91. The summed E-state index contributed by atoms with van der Waals surface area (Å²) >= 11 is 0. The van der Waals surface area contributed by atoms with E-state index in [0.29, 0.717) is 38.6 Å². The van der Waals surface area contributed by atoms with E-state index in [9.17, 15) is 14.0 Å². The standard InChI is InChI=1S/C18H20FN5O3/c1-2-27-18(26)24-10-8-23(9-11-24)16-7-6-15(21-22-16)20-17(25)13-4-3-5-14(19)12-13/h3-7,12H,2,8-11H2,1H3,(H,20,21,25). The van der Waals surface area contributed by atoms with Crippen molar-refractivity contribution in [3.8, 4) is 0 Å². The highest BCUT2D eigenvalue weighted by atomic mass is 19.1. The van der Waals surface area contributed by atoms with Crippen LogP contribution in [0.15, 0.2) is 36.4 Å². The molecule has 9 heteroatoms. The highest BCUT2D eigenvalue weighted by molar-refractivity contribution is 6.03. The molecule has 1 aliphatic heterocycles. The van der Waals surface area contributed by atoms with Gasteiger partial charge in [0.05, 0.1) is 6.61 Å². The van der Waals surface area contributed by atoms with Crippen molar-refractivity contribution in [3.63, 3.8) is 0 Å². The van der Waals surface area contributed by atoms with Crippen LogP contribution in [0, 0.1) is 5.82 Å². The van der Waals surface area contributed by atoms with Gasteiger partial charge in [0.25, 0.3) is 5.91 Å². The largest absolute Gasteiger partial charge is 0.450 e. The molecule has 0 saturated carbocycles. The molecule has 27 heavy (non-hydrogen) atoms. The number of benzene rings is 1. The molecule has 0 unspecified atom stereocenters. The van der Waals surface area contributed by atoms with E-state index >= 15 is 0 Å². The lowest BCUT2D eigenvalue weighted by Crippen LogP contribution is -2.49. The lowest BCUT2D eigenvalue weighted by atomic mass is 10.2. The first-order valence-electron chi connectivity index (χ1n) is 8.64. The maximum absolute atomic E-state index is 13.2. The Balaban J connectivity index is 1.56. The summed E-state index contributed by atoms with van der Waals surface area (Å²) in [6.07, 6.45) is -0.307. The Bertz CT molecular complexity index is 807. The van der Waals surface area contributed by atoms with Crippen molar-refractivity contribution in [2.45, 2.75) is 6.92 Å². The molecule has 2 aromatic rings. The number of aromatic nitrogens is 2. The van der Waals surface area contributed by atoms with Crippen molar-refractivity contribution in [3.05, 3.63) is 47.8 Å². The van der Waals surface area contributed by atoms with Crippen molar-refractivity contribution < 1.29 is 18.7 Å². The first kappa shape index (κ1) is 18.6. The van der Waals surface area contributed by atoms with Crippen LogP contribution < -0.4 is 10.2 Å². The van der Waals surface area contributed by atoms with Crippen LogP contribution in [0.4, 0.5) is 20.8 Å². The normalized spacial score (nSPS) is 14.0. The smallest absolute Gasteiger partial charge is 0.409 e. The average Bonchev–Trinajstić information content (AvgIpc) is 2.69. The predicted octanol–water partition coefficient (Wildman–Crippen LogP) is 2.15. The van der Waals surface area contributed by atoms with E-state index in [1.165, 1.54) is 18.2 Å². The molecule has 0 atom stereocenters. The zero-order chi connectivity index (χ0) is 19.2.